The highest BCUT2D eigenvalue weighted by molar-refractivity contribution is 5.99. The molecule has 0 aliphatic heterocycles. The van der Waals surface area contributed by atoms with Gasteiger partial charge in [0.05, 0.1) is 12.7 Å². The third kappa shape index (κ3) is 5.03. The monoisotopic (exact) mass is 263 g/mol. The highest BCUT2D eigenvalue weighted by Crippen LogP contribution is 2.25. The van der Waals surface area contributed by atoms with E-state index in [9.17, 15) is 4.79 Å². The Bertz CT molecular complexity index is 447. The molecular formula is C16H25NO2. The van der Waals surface area contributed by atoms with Crippen LogP contribution in [0.1, 0.15) is 49.5 Å². The zero-order valence-electron chi connectivity index (χ0n) is 12.6. The van der Waals surface area contributed by atoms with Crippen LogP contribution in [0.3, 0.4) is 0 Å². The maximum Gasteiger partial charge on any atom is 0.168 e. The van der Waals surface area contributed by atoms with E-state index in [1.54, 1.807) is 7.11 Å². The average Bonchev–Trinajstić information content (AvgIpc) is 2.26. The van der Waals surface area contributed by atoms with E-state index in [0.29, 0.717) is 17.7 Å². The summed E-state index contributed by atoms with van der Waals surface area (Å²) in [6.45, 7) is 8.35. The Balaban J connectivity index is 2.81. The zero-order chi connectivity index (χ0) is 14.6. The molecule has 0 bridgehead atoms. The smallest absolute Gasteiger partial charge is 0.168 e. The molecule has 1 atom stereocenters. The second-order valence-corrected chi connectivity index (χ2v) is 6.36. The third-order valence-corrected chi connectivity index (χ3v) is 2.98. The van der Waals surface area contributed by atoms with Crippen molar-refractivity contribution < 1.29 is 9.53 Å². The fraction of sp³-hybridized carbons (Fsp3) is 0.562. The van der Waals surface area contributed by atoms with Crippen molar-refractivity contribution in [1.29, 1.82) is 0 Å². The van der Waals surface area contributed by atoms with Gasteiger partial charge in [-0.2, -0.15) is 0 Å². The summed E-state index contributed by atoms with van der Waals surface area (Å²) in [6.07, 6.45) is 1.18. The summed E-state index contributed by atoms with van der Waals surface area (Å²) in [5.41, 5.74) is 7.88. The van der Waals surface area contributed by atoms with Gasteiger partial charge in [0, 0.05) is 12.5 Å². The van der Waals surface area contributed by atoms with Gasteiger partial charge in [0.25, 0.3) is 0 Å². The minimum absolute atomic E-state index is 0.0531. The number of hydrogen-bond donors (Lipinski definition) is 1. The Kier molecular flexibility index (Phi) is 5.12. The van der Waals surface area contributed by atoms with Gasteiger partial charge in [-0.15, -0.1) is 0 Å². The summed E-state index contributed by atoms with van der Waals surface area (Å²) in [5, 5.41) is 0. The number of ketones is 1. The largest absolute Gasteiger partial charge is 0.496 e. The highest BCUT2D eigenvalue weighted by Gasteiger charge is 2.20. The number of carbonyl (C=O) groups excluding carboxylic acids is 1. The van der Waals surface area contributed by atoms with Crippen LogP contribution in [0.25, 0.3) is 0 Å². The average molecular weight is 263 g/mol. The summed E-state index contributed by atoms with van der Waals surface area (Å²) in [6, 6.07) is 5.52. The Labute approximate surface area is 116 Å². The Hall–Kier alpha value is -1.35. The number of nitrogens with two attached hydrogens (primary N) is 1. The number of ether oxygens (including phenoxy) is 1. The van der Waals surface area contributed by atoms with Crippen LogP contribution in [-0.4, -0.2) is 18.9 Å². The van der Waals surface area contributed by atoms with Crippen LogP contribution in [-0.2, 0) is 0 Å². The minimum Gasteiger partial charge on any atom is -0.496 e. The number of methoxy groups -OCH3 is 1. The van der Waals surface area contributed by atoms with Crippen molar-refractivity contribution in [3.05, 3.63) is 29.3 Å². The number of rotatable bonds is 5. The van der Waals surface area contributed by atoms with Gasteiger partial charge in [0.1, 0.15) is 5.75 Å². The first-order valence-electron chi connectivity index (χ1n) is 6.66. The predicted octanol–water partition coefficient (Wildman–Crippen LogP) is 3.34. The molecule has 0 aromatic heterocycles. The van der Waals surface area contributed by atoms with Gasteiger partial charge >= 0.3 is 0 Å². The normalized spacial score (nSPS) is 13.2. The SMILES string of the molecule is COc1ccc(C)cc1C(=O)CC(N)CC(C)(C)C. The summed E-state index contributed by atoms with van der Waals surface area (Å²) < 4.78 is 5.24. The van der Waals surface area contributed by atoms with Gasteiger partial charge in [0.15, 0.2) is 5.78 Å². The van der Waals surface area contributed by atoms with Crippen molar-refractivity contribution in [1.82, 2.24) is 0 Å². The van der Waals surface area contributed by atoms with E-state index in [1.807, 2.05) is 25.1 Å². The molecule has 0 spiro atoms. The first-order valence-corrected chi connectivity index (χ1v) is 6.66. The molecule has 1 rings (SSSR count). The van der Waals surface area contributed by atoms with Gasteiger partial charge in [-0.25, -0.2) is 0 Å². The lowest BCUT2D eigenvalue weighted by molar-refractivity contribution is 0.0965. The Morgan fingerprint density at radius 1 is 1.37 bits per heavy atom. The first kappa shape index (κ1) is 15.7. The molecule has 0 aliphatic carbocycles. The van der Waals surface area contributed by atoms with E-state index in [0.717, 1.165) is 12.0 Å². The lowest BCUT2D eigenvalue weighted by Gasteiger charge is -2.22. The summed E-state index contributed by atoms with van der Waals surface area (Å²) in [5.74, 6) is 0.677. The zero-order valence-corrected chi connectivity index (χ0v) is 12.6. The first-order chi connectivity index (χ1) is 8.73. The summed E-state index contributed by atoms with van der Waals surface area (Å²) >= 11 is 0. The molecule has 1 unspecified atom stereocenters. The minimum atomic E-state index is -0.113. The molecule has 3 nitrogen and oxygen atoms in total. The van der Waals surface area contributed by atoms with Gasteiger partial charge in [-0.05, 0) is 30.9 Å². The standard InChI is InChI=1S/C16H25NO2/c1-11-6-7-15(19-5)13(8-11)14(18)9-12(17)10-16(2,3)4/h6-8,12H,9-10,17H2,1-5H3. The molecule has 19 heavy (non-hydrogen) atoms. The molecule has 0 saturated carbocycles. The van der Waals surface area contributed by atoms with Gasteiger partial charge < -0.3 is 10.5 Å². The molecule has 2 N–H and O–H groups in total. The number of carbonyl (C=O) groups is 1. The topological polar surface area (TPSA) is 52.3 Å². The lowest BCUT2D eigenvalue weighted by atomic mass is 9.86. The molecule has 0 amide bonds. The highest BCUT2D eigenvalue weighted by atomic mass is 16.5. The maximum atomic E-state index is 12.3. The van der Waals surface area contributed by atoms with E-state index in [2.05, 4.69) is 20.8 Å². The summed E-state index contributed by atoms with van der Waals surface area (Å²) in [4.78, 5) is 12.3. The molecule has 0 fully saturated rings. The number of Topliss-reactive ketones (excluding diaryl/α,β-unsaturated/α-hetero) is 1. The van der Waals surface area contributed by atoms with Crippen molar-refractivity contribution >= 4 is 5.78 Å². The van der Waals surface area contributed by atoms with Crippen molar-refractivity contribution in [2.45, 2.75) is 46.6 Å². The quantitative estimate of drug-likeness (QED) is 0.829. The molecular weight excluding hydrogens is 238 g/mol. The van der Waals surface area contributed by atoms with Crippen LogP contribution in [0.15, 0.2) is 18.2 Å². The van der Waals surface area contributed by atoms with Crippen LogP contribution in [0.5, 0.6) is 5.75 Å². The number of aryl methyl sites for hydroxylation is 1. The Morgan fingerprint density at radius 2 is 2.00 bits per heavy atom. The molecule has 0 heterocycles. The van der Waals surface area contributed by atoms with Crippen LogP contribution in [0.2, 0.25) is 0 Å². The van der Waals surface area contributed by atoms with Crippen molar-refractivity contribution in [3.8, 4) is 5.75 Å². The third-order valence-electron chi connectivity index (χ3n) is 2.98. The predicted molar refractivity (Wildman–Crippen MR) is 78.7 cm³/mol. The van der Waals surface area contributed by atoms with E-state index in [-0.39, 0.29) is 17.2 Å². The number of benzene rings is 1. The second-order valence-electron chi connectivity index (χ2n) is 6.36. The van der Waals surface area contributed by atoms with E-state index < -0.39 is 0 Å². The molecule has 0 aliphatic rings. The van der Waals surface area contributed by atoms with E-state index in [1.165, 1.54) is 0 Å². The van der Waals surface area contributed by atoms with Gasteiger partial charge in [0.2, 0.25) is 0 Å². The van der Waals surface area contributed by atoms with Gasteiger partial charge in [-0.3, -0.25) is 4.79 Å². The summed E-state index contributed by atoms with van der Waals surface area (Å²) in [7, 11) is 1.58. The fourth-order valence-electron chi connectivity index (χ4n) is 2.25. The maximum absolute atomic E-state index is 12.3. The lowest BCUT2D eigenvalue weighted by Crippen LogP contribution is -2.29. The van der Waals surface area contributed by atoms with Crippen molar-refractivity contribution in [3.63, 3.8) is 0 Å². The van der Waals surface area contributed by atoms with E-state index in [4.69, 9.17) is 10.5 Å². The molecule has 0 radical (unpaired) electrons. The van der Waals surface area contributed by atoms with Gasteiger partial charge in [-0.1, -0.05) is 32.4 Å². The molecule has 106 valence electrons. The fourth-order valence-corrected chi connectivity index (χ4v) is 2.25. The molecule has 1 aromatic rings. The van der Waals surface area contributed by atoms with Crippen LogP contribution < -0.4 is 10.5 Å². The Morgan fingerprint density at radius 3 is 2.53 bits per heavy atom. The van der Waals surface area contributed by atoms with Crippen molar-refractivity contribution in [2.24, 2.45) is 11.1 Å². The second kappa shape index (κ2) is 6.20. The van der Waals surface area contributed by atoms with Crippen LogP contribution >= 0.6 is 0 Å². The molecule has 0 saturated heterocycles. The van der Waals surface area contributed by atoms with Crippen LogP contribution in [0, 0.1) is 12.3 Å². The van der Waals surface area contributed by atoms with E-state index >= 15 is 0 Å². The molecule has 3 heteroatoms. The molecule has 1 aromatic carbocycles. The van der Waals surface area contributed by atoms with Crippen LogP contribution in [0.4, 0.5) is 0 Å². The number of hydrogen-bond acceptors (Lipinski definition) is 3. The van der Waals surface area contributed by atoms with Crippen molar-refractivity contribution in [2.75, 3.05) is 7.11 Å².